The minimum atomic E-state index is -0.0491. The van der Waals surface area contributed by atoms with Crippen molar-refractivity contribution in [2.45, 2.75) is 26.1 Å². The van der Waals surface area contributed by atoms with Gasteiger partial charge in [-0.3, -0.25) is 0 Å². The van der Waals surface area contributed by atoms with Crippen LogP contribution >= 0.6 is 0 Å². The maximum Gasteiger partial charge on any atom is 0.318 e. The Balaban J connectivity index is 1.39. The molecular formula is C24H27N7O2. The number of methoxy groups -OCH3 is 1. The van der Waals surface area contributed by atoms with E-state index < -0.39 is 0 Å². The number of nitrogens with zero attached hydrogens (tertiary/aromatic N) is 6. The maximum atomic E-state index is 12.8. The third kappa shape index (κ3) is 4.07. The zero-order chi connectivity index (χ0) is 22.8. The Hall–Kier alpha value is -3.72. The summed E-state index contributed by atoms with van der Waals surface area (Å²) in [5, 5.41) is 12.8. The van der Waals surface area contributed by atoms with Gasteiger partial charge in [0.1, 0.15) is 6.61 Å². The number of anilines is 1. The molecule has 2 aromatic carbocycles. The summed E-state index contributed by atoms with van der Waals surface area (Å²) in [5.74, 6) is 1.48. The normalized spacial score (nSPS) is 16.5. The number of urea groups is 1. The molecule has 5 rings (SSSR count). The summed E-state index contributed by atoms with van der Waals surface area (Å²) in [6.07, 6.45) is 0. The summed E-state index contributed by atoms with van der Waals surface area (Å²) in [7, 11) is 1.64. The Morgan fingerprint density at radius 1 is 1.09 bits per heavy atom. The summed E-state index contributed by atoms with van der Waals surface area (Å²) in [6, 6.07) is 17.8. The first kappa shape index (κ1) is 21.1. The Kier molecular flexibility index (Phi) is 5.78. The SMILES string of the molecule is COCc1nnc2c3ccccc3nc(N3CCN(C(=O)NCc4ccccc4)C(C)C3)n12. The van der Waals surface area contributed by atoms with Crippen molar-refractivity contribution >= 4 is 28.5 Å². The number of piperazine rings is 1. The van der Waals surface area contributed by atoms with Gasteiger partial charge in [-0.15, -0.1) is 10.2 Å². The first-order valence-corrected chi connectivity index (χ1v) is 11.1. The number of carbonyl (C=O) groups is 1. The van der Waals surface area contributed by atoms with Crippen LogP contribution in [0.4, 0.5) is 10.7 Å². The molecule has 1 aliphatic heterocycles. The fraction of sp³-hybridized carbons (Fsp3) is 0.333. The van der Waals surface area contributed by atoms with E-state index in [0.717, 1.165) is 28.1 Å². The van der Waals surface area contributed by atoms with Crippen LogP contribution in [-0.2, 0) is 17.9 Å². The number of rotatable bonds is 5. The molecule has 0 radical (unpaired) electrons. The van der Waals surface area contributed by atoms with E-state index in [1.165, 1.54) is 0 Å². The second kappa shape index (κ2) is 9.03. The highest BCUT2D eigenvalue weighted by Gasteiger charge is 2.30. The van der Waals surface area contributed by atoms with Crippen molar-refractivity contribution in [2.24, 2.45) is 0 Å². The van der Waals surface area contributed by atoms with Gasteiger partial charge in [0.15, 0.2) is 11.5 Å². The lowest BCUT2D eigenvalue weighted by atomic mass is 10.2. The number of benzene rings is 2. The lowest BCUT2D eigenvalue weighted by Gasteiger charge is -2.40. The van der Waals surface area contributed by atoms with Gasteiger partial charge in [0.25, 0.3) is 0 Å². The third-order valence-corrected chi connectivity index (χ3v) is 6.03. The monoisotopic (exact) mass is 445 g/mol. The standard InChI is InChI=1S/C24H27N7O2/c1-17-15-29(12-13-30(17)24(32)25-14-18-8-4-3-5-9-18)23-26-20-11-7-6-10-19(20)22-28-27-21(16-33-2)31(22)23/h3-11,17H,12-16H2,1-2H3,(H,25,32). The van der Waals surface area contributed by atoms with Crippen molar-refractivity contribution in [1.82, 2.24) is 29.8 Å². The van der Waals surface area contributed by atoms with Crippen LogP contribution in [0.5, 0.6) is 0 Å². The Morgan fingerprint density at radius 2 is 1.88 bits per heavy atom. The summed E-state index contributed by atoms with van der Waals surface area (Å²) < 4.78 is 7.33. The molecule has 4 aromatic rings. The zero-order valence-electron chi connectivity index (χ0n) is 18.8. The maximum absolute atomic E-state index is 12.8. The van der Waals surface area contributed by atoms with Crippen LogP contribution in [0.1, 0.15) is 18.3 Å². The van der Waals surface area contributed by atoms with Gasteiger partial charge in [-0.25, -0.2) is 14.2 Å². The predicted octanol–water partition coefficient (Wildman–Crippen LogP) is 2.84. The molecule has 1 aliphatic rings. The molecule has 3 heterocycles. The van der Waals surface area contributed by atoms with Gasteiger partial charge in [-0.1, -0.05) is 42.5 Å². The van der Waals surface area contributed by atoms with Crippen molar-refractivity contribution in [3.63, 3.8) is 0 Å². The molecule has 1 saturated heterocycles. The van der Waals surface area contributed by atoms with Crippen molar-refractivity contribution in [2.75, 3.05) is 31.6 Å². The van der Waals surface area contributed by atoms with Crippen LogP contribution in [0.3, 0.4) is 0 Å². The van der Waals surface area contributed by atoms with E-state index in [0.29, 0.717) is 38.6 Å². The largest absolute Gasteiger partial charge is 0.377 e. The molecule has 1 atom stereocenters. The first-order chi connectivity index (χ1) is 16.2. The van der Waals surface area contributed by atoms with Crippen LogP contribution in [0.2, 0.25) is 0 Å². The highest BCUT2D eigenvalue weighted by atomic mass is 16.5. The molecule has 0 aliphatic carbocycles. The molecule has 1 N–H and O–H groups in total. The number of ether oxygens (including phenoxy) is 1. The van der Waals surface area contributed by atoms with Crippen molar-refractivity contribution in [3.8, 4) is 0 Å². The molecule has 33 heavy (non-hydrogen) atoms. The molecule has 0 spiro atoms. The van der Waals surface area contributed by atoms with Crippen molar-refractivity contribution in [3.05, 3.63) is 66.0 Å². The van der Waals surface area contributed by atoms with Crippen LogP contribution in [0.15, 0.2) is 54.6 Å². The van der Waals surface area contributed by atoms with E-state index in [1.54, 1.807) is 7.11 Å². The number of carbonyl (C=O) groups excluding carboxylic acids is 1. The van der Waals surface area contributed by atoms with Gasteiger partial charge in [0, 0.05) is 44.7 Å². The number of aromatic nitrogens is 4. The predicted molar refractivity (Wildman–Crippen MR) is 126 cm³/mol. The number of para-hydroxylation sites is 1. The molecule has 9 nitrogen and oxygen atoms in total. The Morgan fingerprint density at radius 3 is 2.67 bits per heavy atom. The van der Waals surface area contributed by atoms with E-state index in [1.807, 2.05) is 63.9 Å². The smallest absolute Gasteiger partial charge is 0.318 e. The number of nitrogens with one attached hydrogen (secondary N) is 1. The van der Waals surface area contributed by atoms with Crippen LogP contribution in [0, 0.1) is 0 Å². The number of fused-ring (bicyclic) bond motifs is 3. The molecule has 170 valence electrons. The van der Waals surface area contributed by atoms with E-state index in [-0.39, 0.29) is 12.1 Å². The summed E-state index contributed by atoms with van der Waals surface area (Å²) >= 11 is 0. The fourth-order valence-electron chi connectivity index (χ4n) is 4.37. The number of hydrogen-bond acceptors (Lipinski definition) is 6. The second-order valence-electron chi connectivity index (χ2n) is 8.27. The average molecular weight is 446 g/mol. The molecule has 2 amide bonds. The number of amides is 2. The summed E-state index contributed by atoms with van der Waals surface area (Å²) in [5.41, 5.74) is 2.71. The van der Waals surface area contributed by atoms with Gasteiger partial charge in [0.05, 0.1) is 5.52 Å². The van der Waals surface area contributed by atoms with E-state index in [4.69, 9.17) is 9.72 Å². The van der Waals surface area contributed by atoms with Gasteiger partial charge < -0.3 is 19.9 Å². The minimum absolute atomic E-state index is 0.0141. The molecule has 0 bridgehead atoms. The summed E-state index contributed by atoms with van der Waals surface area (Å²) in [6.45, 7) is 4.83. The van der Waals surface area contributed by atoms with E-state index in [2.05, 4.69) is 27.3 Å². The second-order valence-corrected chi connectivity index (χ2v) is 8.27. The zero-order valence-corrected chi connectivity index (χ0v) is 18.8. The summed E-state index contributed by atoms with van der Waals surface area (Å²) in [4.78, 5) is 21.9. The van der Waals surface area contributed by atoms with Crippen LogP contribution in [-0.4, -0.2) is 63.3 Å². The Labute approximate surface area is 192 Å². The molecule has 0 saturated carbocycles. The topological polar surface area (TPSA) is 87.9 Å². The van der Waals surface area contributed by atoms with E-state index >= 15 is 0 Å². The van der Waals surface area contributed by atoms with Gasteiger partial charge in [-0.05, 0) is 24.6 Å². The van der Waals surface area contributed by atoms with Gasteiger partial charge in [0.2, 0.25) is 5.95 Å². The number of hydrogen-bond donors (Lipinski definition) is 1. The fourth-order valence-corrected chi connectivity index (χ4v) is 4.37. The van der Waals surface area contributed by atoms with Gasteiger partial charge >= 0.3 is 6.03 Å². The lowest BCUT2D eigenvalue weighted by molar-refractivity contribution is 0.170. The quantitative estimate of drug-likeness (QED) is 0.508. The van der Waals surface area contributed by atoms with Crippen LogP contribution in [0.25, 0.3) is 16.6 Å². The first-order valence-electron chi connectivity index (χ1n) is 11.1. The molecule has 9 heteroatoms. The van der Waals surface area contributed by atoms with E-state index in [9.17, 15) is 4.79 Å². The molecule has 1 fully saturated rings. The average Bonchev–Trinajstić information content (AvgIpc) is 3.27. The van der Waals surface area contributed by atoms with Crippen molar-refractivity contribution < 1.29 is 9.53 Å². The highest BCUT2D eigenvalue weighted by Crippen LogP contribution is 2.26. The third-order valence-electron chi connectivity index (χ3n) is 6.03. The minimum Gasteiger partial charge on any atom is -0.377 e. The Bertz CT molecular complexity index is 1270. The molecule has 1 unspecified atom stereocenters. The lowest BCUT2D eigenvalue weighted by Crippen LogP contribution is -2.57. The van der Waals surface area contributed by atoms with Crippen molar-refractivity contribution in [1.29, 1.82) is 0 Å². The molecule has 2 aromatic heterocycles. The van der Waals surface area contributed by atoms with Crippen LogP contribution < -0.4 is 10.2 Å². The molecular weight excluding hydrogens is 418 g/mol. The highest BCUT2D eigenvalue weighted by molar-refractivity contribution is 5.92. The van der Waals surface area contributed by atoms with Gasteiger partial charge in [-0.2, -0.15) is 0 Å².